The van der Waals surface area contributed by atoms with E-state index in [-0.39, 0.29) is 12.1 Å². The number of aromatic amines is 2. The highest BCUT2D eigenvalue weighted by molar-refractivity contribution is 6.30. The molecule has 1 unspecified atom stereocenters. The molecular formula is C23H25ClN8O2. The normalized spacial score (nSPS) is 15.0. The largest absolute Gasteiger partial charge is 0.387 e. The molecule has 0 amide bonds. The van der Waals surface area contributed by atoms with Crippen LogP contribution in [0, 0.1) is 6.92 Å². The molecule has 3 aromatic heterocycles. The molecule has 1 atom stereocenters. The fourth-order valence-electron chi connectivity index (χ4n) is 4.05. The van der Waals surface area contributed by atoms with Crippen LogP contribution in [-0.2, 0) is 0 Å². The van der Waals surface area contributed by atoms with Crippen LogP contribution in [0.4, 0.5) is 11.6 Å². The molecule has 5 rings (SSSR count). The molecule has 1 saturated heterocycles. The quantitative estimate of drug-likeness (QED) is 0.283. The van der Waals surface area contributed by atoms with Gasteiger partial charge in [-0.1, -0.05) is 23.7 Å². The smallest absolute Gasteiger partial charge is 0.261 e. The number of H-pyrrole nitrogens is 2. The van der Waals surface area contributed by atoms with Gasteiger partial charge in [-0.15, -0.1) is 0 Å². The molecule has 1 aliphatic heterocycles. The van der Waals surface area contributed by atoms with Crippen LogP contribution in [0.5, 0.6) is 0 Å². The van der Waals surface area contributed by atoms with Gasteiger partial charge in [-0.25, -0.2) is 9.97 Å². The Kier molecular flexibility index (Phi) is 6.18. The highest BCUT2D eigenvalue weighted by Gasteiger charge is 2.20. The fourth-order valence-corrected chi connectivity index (χ4v) is 4.25. The number of fused-ring (bicyclic) bond motifs is 1. The molecule has 11 heteroatoms. The number of halogens is 1. The van der Waals surface area contributed by atoms with Gasteiger partial charge in [0.25, 0.3) is 5.56 Å². The lowest BCUT2D eigenvalue weighted by molar-refractivity contribution is 0.191. The van der Waals surface area contributed by atoms with Crippen LogP contribution in [0.1, 0.15) is 17.4 Å². The number of aliphatic hydroxyl groups is 1. The van der Waals surface area contributed by atoms with Crippen LogP contribution >= 0.6 is 11.6 Å². The zero-order chi connectivity index (χ0) is 23.7. The number of aromatic nitrogens is 5. The lowest BCUT2D eigenvalue weighted by Crippen LogP contribution is -2.44. The van der Waals surface area contributed by atoms with E-state index in [1.165, 1.54) is 0 Å². The summed E-state index contributed by atoms with van der Waals surface area (Å²) in [6, 6.07) is 8.78. The number of hydrogen-bond acceptors (Lipinski definition) is 8. The number of nitrogens with one attached hydrogen (secondary N) is 4. The van der Waals surface area contributed by atoms with Crippen molar-refractivity contribution >= 4 is 34.4 Å². The number of anilines is 2. The lowest BCUT2D eigenvalue weighted by atomic mass is 10.1. The molecule has 0 spiro atoms. The maximum Gasteiger partial charge on any atom is 0.261 e. The van der Waals surface area contributed by atoms with E-state index in [1.807, 2.05) is 6.92 Å². The molecule has 10 nitrogen and oxygen atoms in total. The van der Waals surface area contributed by atoms with E-state index in [1.54, 1.807) is 36.5 Å². The SMILES string of the molecule is Cc1nc(N2CCNCC2)nc2nc(-c3c(NCC(O)c4cccc(Cl)c4)cc[nH]c3=O)[nH]c12. The summed E-state index contributed by atoms with van der Waals surface area (Å²) in [5, 5.41) is 17.6. The van der Waals surface area contributed by atoms with Gasteiger partial charge in [-0.2, -0.15) is 4.98 Å². The van der Waals surface area contributed by atoms with Gasteiger partial charge in [0.1, 0.15) is 16.9 Å². The van der Waals surface area contributed by atoms with E-state index in [4.69, 9.17) is 11.6 Å². The van der Waals surface area contributed by atoms with Crippen LogP contribution in [0.3, 0.4) is 0 Å². The first-order valence-electron chi connectivity index (χ1n) is 11.1. The predicted octanol–water partition coefficient (Wildman–Crippen LogP) is 2.23. The van der Waals surface area contributed by atoms with Gasteiger partial charge < -0.3 is 30.6 Å². The van der Waals surface area contributed by atoms with Crippen molar-refractivity contribution in [2.24, 2.45) is 0 Å². The molecule has 1 fully saturated rings. The molecule has 1 aliphatic rings. The number of benzene rings is 1. The number of aliphatic hydroxyl groups excluding tert-OH is 1. The fraction of sp³-hybridized carbons (Fsp3) is 0.304. The van der Waals surface area contributed by atoms with Crippen LogP contribution in [0.25, 0.3) is 22.6 Å². The predicted molar refractivity (Wildman–Crippen MR) is 132 cm³/mol. The van der Waals surface area contributed by atoms with Crippen molar-refractivity contribution in [1.29, 1.82) is 0 Å². The van der Waals surface area contributed by atoms with E-state index in [0.717, 1.165) is 31.9 Å². The first-order chi connectivity index (χ1) is 16.5. The summed E-state index contributed by atoms with van der Waals surface area (Å²) in [4.78, 5) is 34.7. The highest BCUT2D eigenvalue weighted by Crippen LogP contribution is 2.26. The highest BCUT2D eigenvalue weighted by atomic mass is 35.5. The maximum absolute atomic E-state index is 12.8. The summed E-state index contributed by atoms with van der Waals surface area (Å²) in [6.07, 6.45) is 0.743. The zero-order valence-corrected chi connectivity index (χ0v) is 19.4. The van der Waals surface area contributed by atoms with Crippen molar-refractivity contribution in [3.63, 3.8) is 0 Å². The number of pyridine rings is 1. The first-order valence-corrected chi connectivity index (χ1v) is 11.5. The summed E-state index contributed by atoms with van der Waals surface area (Å²) in [7, 11) is 0. The number of imidazole rings is 1. The van der Waals surface area contributed by atoms with E-state index in [0.29, 0.717) is 44.8 Å². The van der Waals surface area contributed by atoms with Crippen LogP contribution in [0.15, 0.2) is 41.3 Å². The van der Waals surface area contributed by atoms with Crippen molar-refractivity contribution in [2.75, 3.05) is 42.9 Å². The Morgan fingerprint density at radius 3 is 2.82 bits per heavy atom. The van der Waals surface area contributed by atoms with Crippen molar-refractivity contribution in [2.45, 2.75) is 13.0 Å². The van der Waals surface area contributed by atoms with Crippen LogP contribution < -0.4 is 21.1 Å². The summed E-state index contributed by atoms with van der Waals surface area (Å²) in [5.41, 5.74) is 3.19. The summed E-state index contributed by atoms with van der Waals surface area (Å²) >= 11 is 6.04. The Morgan fingerprint density at radius 1 is 1.21 bits per heavy atom. The van der Waals surface area contributed by atoms with Crippen molar-refractivity contribution in [1.82, 2.24) is 30.2 Å². The third kappa shape index (κ3) is 4.47. The lowest BCUT2D eigenvalue weighted by Gasteiger charge is -2.27. The van der Waals surface area contributed by atoms with Crippen molar-refractivity contribution in [3.05, 3.63) is 63.2 Å². The Balaban J connectivity index is 1.46. The van der Waals surface area contributed by atoms with Crippen molar-refractivity contribution < 1.29 is 5.11 Å². The third-order valence-corrected chi connectivity index (χ3v) is 6.07. The minimum atomic E-state index is -0.809. The molecule has 4 aromatic rings. The third-order valence-electron chi connectivity index (χ3n) is 5.84. The van der Waals surface area contributed by atoms with Gasteiger partial charge in [-0.05, 0) is 30.7 Å². The molecule has 4 heterocycles. The average molecular weight is 481 g/mol. The molecular weight excluding hydrogens is 456 g/mol. The monoisotopic (exact) mass is 480 g/mol. The molecule has 0 radical (unpaired) electrons. The van der Waals surface area contributed by atoms with E-state index < -0.39 is 6.10 Å². The van der Waals surface area contributed by atoms with E-state index >= 15 is 0 Å². The van der Waals surface area contributed by atoms with E-state index in [2.05, 4.69) is 40.5 Å². The maximum atomic E-state index is 12.8. The van der Waals surface area contributed by atoms with Crippen LogP contribution in [0.2, 0.25) is 5.02 Å². The molecule has 5 N–H and O–H groups in total. The second-order valence-corrected chi connectivity index (χ2v) is 8.61. The van der Waals surface area contributed by atoms with Gasteiger partial charge in [0.05, 0.1) is 17.5 Å². The summed E-state index contributed by atoms with van der Waals surface area (Å²) < 4.78 is 0. The van der Waals surface area contributed by atoms with Gasteiger partial charge >= 0.3 is 0 Å². The Bertz CT molecular complexity index is 1380. The topological polar surface area (TPSA) is 135 Å². The average Bonchev–Trinajstić information content (AvgIpc) is 3.27. The summed E-state index contributed by atoms with van der Waals surface area (Å²) in [5.74, 6) is 1.01. The standard InChI is InChI=1S/C23H25ClN8O2/c1-13-19-21(31-23(28-13)32-9-7-25-8-10-32)30-20(29-19)18-16(5-6-26-22(18)34)27-12-17(33)14-3-2-4-15(24)11-14/h2-6,11,17,25,33H,7-10,12H2,1H3,(H2,26,27,34)(H,28,29,30,31). The molecule has 1 aromatic carbocycles. The van der Waals surface area contributed by atoms with E-state index in [9.17, 15) is 9.90 Å². The molecule has 0 aliphatic carbocycles. The Labute approximate surface area is 200 Å². The van der Waals surface area contributed by atoms with Gasteiger partial charge in [-0.3, -0.25) is 4.79 Å². The molecule has 0 bridgehead atoms. The zero-order valence-electron chi connectivity index (χ0n) is 18.6. The second-order valence-electron chi connectivity index (χ2n) is 8.18. The Hall–Kier alpha value is -3.47. The van der Waals surface area contributed by atoms with Gasteiger partial charge in [0.2, 0.25) is 5.95 Å². The number of nitrogens with zero attached hydrogens (tertiary/aromatic N) is 4. The van der Waals surface area contributed by atoms with Crippen molar-refractivity contribution in [3.8, 4) is 11.4 Å². The number of aryl methyl sites for hydroxylation is 1. The first kappa shape index (κ1) is 22.3. The molecule has 34 heavy (non-hydrogen) atoms. The second kappa shape index (κ2) is 9.41. The number of hydrogen-bond donors (Lipinski definition) is 5. The number of piperazine rings is 1. The molecule has 176 valence electrons. The summed E-state index contributed by atoms with van der Waals surface area (Å²) in [6.45, 7) is 5.48. The minimum Gasteiger partial charge on any atom is -0.387 e. The number of rotatable bonds is 6. The van der Waals surface area contributed by atoms with Gasteiger partial charge in [0.15, 0.2) is 5.65 Å². The van der Waals surface area contributed by atoms with Gasteiger partial charge in [0, 0.05) is 43.9 Å². The van der Waals surface area contributed by atoms with Crippen LogP contribution in [-0.4, -0.2) is 62.8 Å². The molecule has 0 saturated carbocycles. The minimum absolute atomic E-state index is 0.184. The Morgan fingerprint density at radius 2 is 2.03 bits per heavy atom.